The summed E-state index contributed by atoms with van der Waals surface area (Å²) < 4.78 is 87.2. The minimum absolute atomic E-state index is 0. The molecule has 2 heterocycles. The molecule has 0 saturated carbocycles. The summed E-state index contributed by atoms with van der Waals surface area (Å²) in [6, 6.07) is 31.3. The van der Waals surface area contributed by atoms with Crippen LogP contribution in [0.15, 0.2) is 144 Å². The maximum absolute atomic E-state index is 13.8. The van der Waals surface area contributed by atoms with Crippen LogP contribution in [0.1, 0.15) is 111 Å². The number of phenols is 1. The van der Waals surface area contributed by atoms with Crippen molar-refractivity contribution in [1.82, 2.24) is 30.0 Å². The van der Waals surface area contributed by atoms with Crippen LogP contribution in [0.25, 0.3) is 0 Å². The summed E-state index contributed by atoms with van der Waals surface area (Å²) in [5.74, 6) is 0.214. The summed E-state index contributed by atoms with van der Waals surface area (Å²) in [4.78, 5) is 7.90. The van der Waals surface area contributed by atoms with Crippen molar-refractivity contribution in [2.45, 2.75) is 138 Å². The Morgan fingerprint density at radius 1 is 0.623 bits per heavy atom. The number of aryl methyl sites for hydroxylation is 2. The van der Waals surface area contributed by atoms with E-state index in [2.05, 4.69) is 54.3 Å². The van der Waals surface area contributed by atoms with Gasteiger partial charge in [-0.1, -0.05) is 76.2 Å². The van der Waals surface area contributed by atoms with Crippen molar-refractivity contribution in [2.24, 2.45) is 11.5 Å². The second-order valence-corrected chi connectivity index (χ2v) is 23.0. The number of ether oxygens (including phenoxy) is 1. The fourth-order valence-corrected chi connectivity index (χ4v) is 12.5. The number of benzene rings is 4. The minimum Gasteiger partial charge on any atom is -0.508 e. The van der Waals surface area contributed by atoms with Crippen LogP contribution in [-0.2, 0) is 45.7 Å². The van der Waals surface area contributed by atoms with Crippen molar-refractivity contribution >= 4 is 20.0 Å². The fraction of sp³-hybridized carbons (Fsp3) is 0.424. The number of phenolic OH excluding ortho intramolecular Hbond substituents is 1. The van der Waals surface area contributed by atoms with Crippen molar-refractivity contribution in [1.29, 1.82) is 0 Å². The lowest BCUT2D eigenvalue weighted by molar-refractivity contribution is 0.365. The summed E-state index contributed by atoms with van der Waals surface area (Å²) >= 11 is 0. The van der Waals surface area contributed by atoms with Gasteiger partial charge >= 0.3 is 0 Å². The van der Waals surface area contributed by atoms with E-state index in [4.69, 9.17) is 16.2 Å². The van der Waals surface area contributed by atoms with Crippen molar-refractivity contribution in [3.05, 3.63) is 179 Å². The molecule has 0 saturated heterocycles. The van der Waals surface area contributed by atoms with Gasteiger partial charge in [0, 0.05) is 87.0 Å². The van der Waals surface area contributed by atoms with Gasteiger partial charge in [0.15, 0.2) is 0 Å². The number of sulfonamides is 2. The molecule has 4 aromatic carbocycles. The Labute approximate surface area is 456 Å². The SMILES string of the molecule is C.C.COc1ccc2c(c1)CCC(NC[C@@H](N)CCCCNS(=O)(=O)c1ccccc1F)C2Cc1cccnc1.N[C@@H](CCCCNS(=O)(=O)c1ccccc1F)CNC1CCc2cc(O)ccc2C1Cc1cccnc1. The van der Waals surface area contributed by atoms with Crippen LogP contribution < -0.4 is 36.3 Å². The molecule has 2 aliphatic carbocycles. The lowest BCUT2D eigenvalue weighted by Gasteiger charge is -2.35. The molecule has 6 aromatic rings. The van der Waals surface area contributed by atoms with Crippen molar-refractivity contribution in [3.8, 4) is 11.5 Å². The van der Waals surface area contributed by atoms with Crippen LogP contribution in [0.5, 0.6) is 11.5 Å². The third kappa shape index (κ3) is 18.2. The molecule has 77 heavy (non-hydrogen) atoms. The summed E-state index contributed by atoms with van der Waals surface area (Å²) in [6.07, 6.45) is 17.3. The number of hydrogen-bond donors (Lipinski definition) is 7. The third-order valence-electron chi connectivity index (χ3n) is 14.2. The number of pyridine rings is 2. The molecule has 9 N–H and O–H groups in total. The lowest BCUT2D eigenvalue weighted by Crippen LogP contribution is -2.44. The van der Waals surface area contributed by atoms with E-state index >= 15 is 0 Å². The van der Waals surface area contributed by atoms with E-state index in [1.165, 1.54) is 69.8 Å². The molecule has 8 rings (SSSR count). The number of fused-ring (bicyclic) bond motifs is 2. The van der Waals surface area contributed by atoms with Crippen LogP contribution in [0, 0.1) is 11.6 Å². The number of hydrogen-bond acceptors (Lipinski definition) is 12. The normalized spacial score (nSPS) is 17.7. The van der Waals surface area contributed by atoms with Crippen molar-refractivity contribution in [2.75, 3.05) is 33.3 Å². The number of nitrogens with one attached hydrogen (secondary N) is 4. The summed E-state index contributed by atoms with van der Waals surface area (Å²) in [7, 11) is -6.03. The fourth-order valence-electron chi connectivity index (χ4n) is 10.2. The average Bonchev–Trinajstić information content (AvgIpc) is 3.41. The van der Waals surface area contributed by atoms with Gasteiger partial charge in [0.25, 0.3) is 0 Å². The molecule has 2 aromatic heterocycles. The molecule has 0 bridgehead atoms. The van der Waals surface area contributed by atoms with Crippen LogP contribution in [-0.4, -0.2) is 89.4 Å². The first kappa shape index (κ1) is 62.1. The van der Waals surface area contributed by atoms with Crippen molar-refractivity contribution < 1.29 is 35.5 Å². The minimum atomic E-state index is -3.86. The first-order valence-corrected chi connectivity index (χ1v) is 28.9. The van der Waals surface area contributed by atoms with Gasteiger partial charge in [-0.2, -0.15) is 0 Å². The Bertz CT molecular complexity index is 2960. The molecular formula is C59H80F2N8O6S2. The molecule has 18 heteroatoms. The molecule has 14 nitrogen and oxygen atoms in total. The van der Waals surface area contributed by atoms with Crippen LogP contribution in [0.4, 0.5) is 8.78 Å². The van der Waals surface area contributed by atoms with E-state index in [0.717, 1.165) is 82.1 Å². The highest BCUT2D eigenvalue weighted by molar-refractivity contribution is 7.89. The molecule has 0 aliphatic heterocycles. The van der Waals surface area contributed by atoms with E-state index in [0.29, 0.717) is 37.6 Å². The number of nitrogens with zero attached hydrogens (tertiary/aromatic N) is 2. The van der Waals surface area contributed by atoms with E-state index in [1.54, 1.807) is 25.6 Å². The number of aromatic hydroxyl groups is 1. The van der Waals surface area contributed by atoms with Crippen LogP contribution in [0.3, 0.4) is 0 Å². The topological polar surface area (TPSA) is 224 Å². The molecular weight excluding hydrogens is 1020 g/mol. The van der Waals surface area contributed by atoms with Gasteiger partial charge in [-0.15, -0.1) is 0 Å². The van der Waals surface area contributed by atoms with Crippen LogP contribution in [0.2, 0.25) is 0 Å². The number of unbranched alkanes of at least 4 members (excludes halogenated alkanes) is 2. The molecule has 2 aliphatic rings. The number of aromatic nitrogens is 2. The quantitative estimate of drug-likeness (QED) is 0.0267. The highest BCUT2D eigenvalue weighted by Crippen LogP contribution is 2.38. The van der Waals surface area contributed by atoms with Gasteiger partial charge in [-0.3, -0.25) is 9.97 Å². The second-order valence-electron chi connectivity index (χ2n) is 19.6. The summed E-state index contributed by atoms with van der Waals surface area (Å²) in [5, 5.41) is 17.3. The Morgan fingerprint density at radius 2 is 1.08 bits per heavy atom. The molecule has 0 amide bonds. The molecule has 4 unspecified atom stereocenters. The summed E-state index contributed by atoms with van der Waals surface area (Å²) in [6.45, 7) is 1.81. The van der Waals surface area contributed by atoms with Crippen molar-refractivity contribution in [3.63, 3.8) is 0 Å². The third-order valence-corrected chi connectivity index (χ3v) is 17.2. The largest absolute Gasteiger partial charge is 0.508 e. The van der Waals surface area contributed by atoms with Gasteiger partial charge in [0.1, 0.15) is 32.9 Å². The number of rotatable bonds is 25. The number of nitrogens with two attached hydrogens (primary N) is 2. The molecule has 6 atom stereocenters. The van der Waals surface area contributed by atoms with Crippen LogP contribution >= 0.6 is 0 Å². The number of halogens is 2. The molecule has 0 radical (unpaired) electrons. The van der Waals surface area contributed by atoms with Gasteiger partial charge < -0.3 is 31.9 Å². The van der Waals surface area contributed by atoms with Gasteiger partial charge in [0.05, 0.1) is 7.11 Å². The average molecular weight is 1100 g/mol. The molecule has 418 valence electrons. The maximum Gasteiger partial charge on any atom is 0.243 e. The smallest absolute Gasteiger partial charge is 0.243 e. The van der Waals surface area contributed by atoms with E-state index in [1.807, 2.05) is 42.7 Å². The molecule has 0 fully saturated rings. The summed E-state index contributed by atoms with van der Waals surface area (Å²) in [5.41, 5.74) is 20.3. The zero-order valence-corrected chi connectivity index (χ0v) is 44.2. The first-order chi connectivity index (χ1) is 36.2. The predicted octanol–water partition coefficient (Wildman–Crippen LogP) is 8.84. The highest BCUT2D eigenvalue weighted by atomic mass is 32.2. The van der Waals surface area contributed by atoms with Gasteiger partial charge in [-0.25, -0.2) is 35.1 Å². The Hall–Kier alpha value is -5.70. The zero-order chi connectivity index (χ0) is 53.2. The predicted molar refractivity (Wildman–Crippen MR) is 303 cm³/mol. The monoisotopic (exact) mass is 1100 g/mol. The second kappa shape index (κ2) is 30.4. The Kier molecular flexibility index (Phi) is 24.6. The van der Waals surface area contributed by atoms with E-state index in [-0.39, 0.29) is 67.8 Å². The first-order valence-electron chi connectivity index (χ1n) is 25.9. The van der Waals surface area contributed by atoms with E-state index in [9.17, 15) is 30.7 Å². The lowest BCUT2D eigenvalue weighted by atomic mass is 9.76. The number of methoxy groups -OCH3 is 1. The Balaban J connectivity index is 0.000000277. The zero-order valence-electron chi connectivity index (χ0n) is 42.6. The molecule has 0 spiro atoms. The standard InChI is InChI=1S/C29H37FN4O3S.C28H35FN4O3S.2CH4/c1-37-24-12-13-25-22(18-24)11-14-28(26(25)17-21-7-6-15-32-19-21)33-20-23(31)8-4-5-16-34-38(35,36)29-10-3-2-9-27(29)30;29-26-8-1-2-9-28(26)37(35,36)33-15-4-3-7-22(30)19-32-27-13-10-21-17-23(34)11-12-24(21)25(27)16-20-6-5-14-31-18-20;;/h2-3,6-7,9-10,12-13,15,18-19,23,26,28,33-34H,4-5,8,11,14,16-17,20,31H2,1H3;1-2,5-6,8-9,11-12,14,17-18,22,25,27,32-34H,3-4,7,10,13,15-16,19,30H2;2*1H4/t23-,26?,28?;22-,25?,27?;;/m00../s1. The maximum atomic E-state index is 13.8. The van der Waals surface area contributed by atoms with Gasteiger partial charge in [-0.05, 0) is 158 Å². The van der Waals surface area contributed by atoms with E-state index < -0.39 is 31.7 Å². The Morgan fingerprint density at radius 3 is 1.52 bits per heavy atom. The van der Waals surface area contributed by atoms with Gasteiger partial charge in [0.2, 0.25) is 20.0 Å². The highest BCUT2D eigenvalue weighted by Gasteiger charge is 2.32.